The first kappa shape index (κ1) is 10.3. The molecule has 2 aromatic rings. The average Bonchev–Trinajstić information content (AvgIpc) is 2.75. The fourth-order valence-corrected chi connectivity index (χ4v) is 2.23. The van der Waals surface area contributed by atoms with Gasteiger partial charge in [0.1, 0.15) is 5.01 Å². The summed E-state index contributed by atoms with van der Waals surface area (Å²) in [6.07, 6.45) is 3.61. The molecule has 0 unspecified atom stereocenters. The lowest BCUT2D eigenvalue weighted by Gasteiger charge is -2.08. The molecule has 2 rings (SSSR count). The number of imidazole rings is 1. The van der Waals surface area contributed by atoms with Gasteiger partial charge in [-0.15, -0.1) is 11.3 Å². The number of nitrogens with two attached hydrogens (primary N) is 1. The van der Waals surface area contributed by atoms with Crippen LogP contribution < -0.4 is 5.73 Å². The molecule has 0 aliphatic rings. The summed E-state index contributed by atoms with van der Waals surface area (Å²) in [7, 11) is 0. The van der Waals surface area contributed by atoms with Crippen LogP contribution in [0.3, 0.4) is 0 Å². The van der Waals surface area contributed by atoms with Crippen molar-refractivity contribution in [3.8, 4) is 0 Å². The molecule has 2 heterocycles. The van der Waals surface area contributed by atoms with Gasteiger partial charge in [-0.25, -0.2) is 9.97 Å². The molecule has 4 nitrogen and oxygen atoms in total. The first-order valence-corrected chi connectivity index (χ1v) is 5.71. The highest BCUT2D eigenvalue weighted by Crippen LogP contribution is 2.14. The molecule has 0 fully saturated rings. The van der Waals surface area contributed by atoms with Crippen molar-refractivity contribution < 1.29 is 0 Å². The SMILES string of the molecule is Cc1csc(Cn2cncc2[C@@H](C)N)n1. The minimum Gasteiger partial charge on any atom is -0.326 e. The van der Waals surface area contributed by atoms with E-state index in [1.54, 1.807) is 17.7 Å². The average molecular weight is 222 g/mol. The zero-order chi connectivity index (χ0) is 10.8. The van der Waals surface area contributed by atoms with Gasteiger partial charge in [-0.2, -0.15) is 0 Å². The molecule has 0 spiro atoms. The number of rotatable bonds is 3. The zero-order valence-corrected chi connectivity index (χ0v) is 9.66. The molecule has 0 aliphatic heterocycles. The number of hydrogen-bond donors (Lipinski definition) is 1. The Morgan fingerprint density at radius 1 is 1.60 bits per heavy atom. The number of hydrogen-bond acceptors (Lipinski definition) is 4. The quantitative estimate of drug-likeness (QED) is 0.860. The molecule has 1 atom stereocenters. The summed E-state index contributed by atoms with van der Waals surface area (Å²) in [6.45, 7) is 4.72. The summed E-state index contributed by atoms with van der Waals surface area (Å²) < 4.78 is 2.04. The lowest BCUT2D eigenvalue weighted by atomic mass is 10.3. The van der Waals surface area contributed by atoms with Crippen LogP contribution in [0.15, 0.2) is 17.9 Å². The molecule has 0 saturated carbocycles. The Bertz CT molecular complexity index is 444. The second-order valence-electron chi connectivity index (χ2n) is 3.62. The van der Waals surface area contributed by atoms with Crippen LogP contribution in [-0.2, 0) is 6.54 Å². The molecule has 80 valence electrons. The van der Waals surface area contributed by atoms with E-state index >= 15 is 0 Å². The van der Waals surface area contributed by atoms with E-state index in [9.17, 15) is 0 Å². The van der Waals surface area contributed by atoms with Crippen molar-refractivity contribution in [1.82, 2.24) is 14.5 Å². The molecule has 0 aromatic carbocycles. The van der Waals surface area contributed by atoms with Gasteiger partial charge in [-0.1, -0.05) is 0 Å². The largest absolute Gasteiger partial charge is 0.326 e. The Balaban J connectivity index is 2.20. The maximum Gasteiger partial charge on any atom is 0.113 e. The van der Waals surface area contributed by atoms with Crippen LogP contribution in [0, 0.1) is 6.92 Å². The number of nitrogens with zero attached hydrogens (tertiary/aromatic N) is 3. The Morgan fingerprint density at radius 3 is 3.00 bits per heavy atom. The molecule has 0 aliphatic carbocycles. The van der Waals surface area contributed by atoms with E-state index in [-0.39, 0.29) is 6.04 Å². The molecular formula is C10H14N4S. The monoisotopic (exact) mass is 222 g/mol. The fourth-order valence-electron chi connectivity index (χ4n) is 1.46. The van der Waals surface area contributed by atoms with E-state index < -0.39 is 0 Å². The van der Waals surface area contributed by atoms with Gasteiger partial charge in [0, 0.05) is 23.3 Å². The molecular weight excluding hydrogens is 208 g/mol. The van der Waals surface area contributed by atoms with E-state index in [0.717, 1.165) is 22.9 Å². The van der Waals surface area contributed by atoms with Crippen LogP contribution in [-0.4, -0.2) is 14.5 Å². The molecule has 0 saturated heterocycles. The van der Waals surface area contributed by atoms with Crippen LogP contribution in [0.1, 0.15) is 29.4 Å². The molecule has 0 radical (unpaired) electrons. The molecule has 15 heavy (non-hydrogen) atoms. The minimum absolute atomic E-state index is 0.00793. The second-order valence-corrected chi connectivity index (χ2v) is 4.56. The highest BCUT2D eigenvalue weighted by molar-refractivity contribution is 7.09. The summed E-state index contributed by atoms with van der Waals surface area (Å²) >= 11 is 1.67. The van der Waals surface area contributed by atoms with Gasteiger partial charge in [0.15, 0.2) is 0 Å². The molecule has 2 N–H and O–H groups in total. The van der Waals surface area contributed by atoms with Gasteiger partial charge in [-0.05, 0) is 13.8 Å². The van der Waals surface area contributed by atoms with E-state index in [4.69, 9.17) is 5.73 Å². The van der Waals surface area contributed by atoms with Crippen molar-refractivity contribution in [2.45, 2.75) is 26.4 Å². The van der Waals surface area contributed by atoms with Crippen LogP contribution in [0.25, 0.3) is 0 Å². The van der Waals surface area contributed by atoms with Crippen molar-refractivity contribution in [3.05, 3.63) is 34.3 Å². The first-order chi connectivity index (χ1) is 7.16. The summed E-state index contributed by atoms with van der Waals surface area (Å²) in [4.78, 5) is 8.52. The lowest BCUT2D eigenvalue weighted by Crippen LogP contribution is -2.12. The number of aryl methyl sites for hydroxylation is 1. The van der Waals surface area contributed by atoms with Crippen LogP contribution in [0.4, 0.5) is 0 Å². The predicted molar refractivity (Wildman–Crippen MR) is 60.8 cm³/mol. The third kappa shape index (κ3) is 2.24. The maximum absolute atomic E-state index is 5.84. The van der Waals surface area contributed by atoms with Crippen LogP contribution >= 0.6 is 11.3 Å². The highest BCUT2D eigenvalue weighted by Gasteiger charge is 2.08. The Hall–Kier alpha value is -1.20. The normalized spacial score (nSPS) is 13.0. The van der Waals surface area contributed by atoms with Crippen molar-refractivity contribution in [2.75, 3.05) is 0 Å². The van der Waals surface area contributed by atoms with Crippen molar-refractivity contribution in [3.63, 3.8) is 0 Å². The summed E-state index contributed by atoms with van der Waals surface area (Å²) in [5.41, 5.74) is 7.95. The third-order valence-electron chi connectivity index (χ3n) is 2.18. The molecule has 2 aromatic heterocycles. The van der Waals surface area contributed by atoms with Crippen LogP contribution in [0.5, 0.6) is 0 Å². The Labute approximate surface area is 92.8 Å². The van der Waals surface area contributed by atoms with Crippen molar-refractivity contribution >= 4 is 11.3 Å². The molecule has 0 amide bonds. The number of aromatic nitrogens is 3. The van der Waals surface area contributed by atoms with E-state index in [1.165, 1.54) is 0 Å². The standard InChI is InChI=1S/C10H14N4S/c1-7-5-15-10(13-7)4-14-6-12-3-9(14)8(2)11/h3,5-6,8H,4,11H2,1-2H3/t8-/m1/s1. The fraction of sp³-hybridized carbons (Fsp3) is 0.400. The van der Waals surface area contributed by atoms with Crippen LogP contribution in [0.2, 0.25) is 0 Å². The second kappa shape index (κ2) is 4.12. The van der Waals surface area contributed by atoms with Gasteiger partial charge in [0.2, 0.25) is 0 Å². The van der Waals surface area contributed by atoms with Gasteiger partial charge in [0.25, 0.3) is 0 Å². The molecule has 0 bridgehead atoms. The Morgan fingerprint density at radius 2 is 2.40 bits per heavy atom. The lowest BCUT2D eigenvalue weighted by molar-refractivity contribution is 0.672. The zero-order valence-electron chi connectivity index (χ0n) is 8.84. The maximum atomic E-state index is 5.84. The topological polar surface area (TPSA) is 56.7 Å². The van der Waals surface area contributed by atoms with Crippen molar-refractivity contribution in [2.24, 2.45) is 5.73 Å². The smallest absolute Gasteiger partial charge is 0.113 e. The predicted octanol–water partition coefficient (Wildman–Crippen LogP) is 1.72. The Kier molecular flexibility index (Phi) is 2.83. The summed E-state index contributed by atoms with van der Waals surface area (Å²) in [5, 5.41) is 3.14. The summed E-state index contributed by atoms with van der Waals surface area (Å²) in [6, 6.07) is 0.00793. The minimum atomic E-state index is 0.00793. The van der Waals surface area contributed by atoms with Gasteiger partial charge >= 0.3 is 0 Å². The summed E-state index contributed by atoms with van der Waals surface area (Å²) in [5.74, 6) is 0. The molecule has 5 heteroatoms. The van der Waals surface area contributed by atoms with Gasteiger partial charge < -0.3 is 10.3 Å². The van der Waals surface area contributed by atoms with Gasteiger partial charge in [-0.3, -0.25) is 0 Å². The van der Waals surface area contributed by atoms with E-state index in [0.29, 0.717) is 0 Å². The van der Waals surface area contributed by atoms with E-state index in [1.807, 2.05) is 24.6 Å². The van der Waals surface area contributed by atoms with E-state index in [2.05, 4.69) is 15.3 Å². The first-order valence-electron chi connectivity index (χ1n) is 4.83. The van der Waals surface area contributed by atoms with Crippen molar-refractivity contribution in [1.29, 1.82) is 0 Å². The highest BCUT2D eigenvalue weighted by atomic mass is 32.1. The third-order valence-corrected chi connectivity index (χ3v) is 3.13. The number of thiazole rings is 1. The van der Waals surface area contributed by atoms with Gasteiger partial charge in [0.05, 0.1) is 18.6 Å².